The highest BCUT2D eigenvalue weighted by Crippen LogP contribution is 2.43. The minimum atomic E-state index is -4.77. The monoisotopic (exact) mass is 408 g/mol. The number of halogens is 3. The Kier molecular flexibility index (Phi) is 4.14. The fourth-order valence-corrected chi connectivity index (χ4v) is 4.01. The number of aryl methyl sites for hydroxylation is 2. The minimum absolute atomic E-state index is 0.0838. The fraction of sp³-hybridized carbons (Fsp3) is 0.294. The molecule has 4 rings (SSSR count). The van der Waals surface area contributed by atoms with Gasteiger partial charge in [-0.05, 0) is 26.0 Å². The molecule has 0 unspecified atom stereocenters. The third-order valence-electron chi connectivity index (χ3n) is 4.66. The van der Waals surface area contributed by atoms with Crippen LogP contribution in [0.5, 0.6) is 0 Å². The van der Waals surface area contributed by atoms with Gasteiger partial charge in [-0.2, -0.15) is 28.4 Å². The lowest BCUT2D eigenvalue weighted by molar-refractivity contribution is -0.0918. The summed E-state index contributed by atoms with van der Waals surface area (Å²) >= 11 is 1.15. The number of anilines is 1. The van der Waals surface area contributed by atoms with E-state index in [4.69, 9.17) is 0 Å². The molecule has 3 aromatic heterocycles. The van der Waals surface area contributed by atoms with Crippen LogP contribution in [-0.2, 0) is 7.05 Å². The Hall–Kier alpha value is -2.95. The number of aromatic nitrogens is 5. The maximum Gasteiger partial charge on any atom is 0.431 e. The van der Waals surface area contributed by atoms with E-state index < -0.39 is 29.3 Å². The molecular formula is C17H15F3N6OS. The number of carbonyl (C=O) groups excluding carboxylic acids is 1. The first kappa shape index (κ1) is 18.4. The van der Waals surface area contributed by atoms with Gasteiger partial charge in [-0.25, -0.2) is 4.68 Å². The molecular weight excluding hydrogens is 393 g/mol. The Morgan fingerprint density at radius 1 is 1.25 bits per heavy atom. The van der Waals surface area contributed by atoms with Crippen molar-refractivity contribution in [3.8, 4) is 0 Å². The van der Waals surface area contributed by atoms with Crippen molar-refractivity contribution < 1.29 is 18.0 Å². The summed E-state index contributed by atoms with van der Waals surface area (Å²) in [5.41, 5.74) is -0.475. The average molecular weight is 408 g/mol. The number of carbonyl (C=O) groups is 1. The van der Waals surface area contributed by atoms with E-state index in [-0.39, 0.29) is 10.8 Å². The zero-order valence-corrected chi connectivity index (χ0v) is 15.9. The predicted molar refractivity (Wildman–Crippen MR) is 96.2 cm³/mol. The summed E-state index contributed by atoms with van der Waals surface area (Å²) in [5, 5.41) is 10.4. The average Bonchev–Trinajstić information content (AvgIpc) is 3.34. The van der Waals surface area contributed by atoms with Crippen LogP contribution in [0.15, 0.2) is 35.9 Å². The normalized spacial score (nSPS) is 16.9. The molecule has 0 aromatic carbocycles. The molecule has 7 nitrogen and oxygen atoms in total. The number of hydrogen-bond donors (Lipinski definition) is 1. The number of rotatable bonds is 3. The summed E-state index contributed by atoms with van der Waals surface area (Å²) < 4.78 is 44.6. The number of fused-ring (bicyclic) bond motifs is 1. The molecule has 1 aliphatic rings. The van der Waals surface area contributed by atoms with Crippen LogP contribution in [0.25, 0.3) is 0 Å². The second kappa shape index (κ2) is 6.30. The standard InChI is InChI=1S/C17H15F3N6OS/c1-8-4-5-11(28-8)14(27)12-13(10-6-22-25(3)9(10)2)26-16(21-7-23-26)24-15(12)17(18,19)20/h4-7,13H,1-3H3,(H,21,23,24)/t13-/m0/s1. The van der Waals surface area contributed by atoms with E-state index in [0.29, 0.717) is 11.3 Å². The Morgan fingerprint density at radius 3 is 2.57 bits per heavy atom. The molecule has 0 saturated heterocycles. The first-order chi connectivity index (χ1) is 13.2. The minimum Gasteiger partial charge on any atom is -0.320 e. The lowest BCUT2D eigenvalue weighted by Crippen LogP contribution is -2.35. The van der Waals surface area contributed by atoms with Crippen molar-refractivity contribution >= 4 is 23.1 Å². The van der Waals surface area contributed by atoms with Crippen molar-refractivity contribution in [2.75, 3.05) is 5.32 Å². The first-order valence-corrected chi connectivity index (χ1v) is 9.07. The van der Waals surface area contributed by atoms with Crippen molar-refractivity contribution in [3.63, 3.8) is 0 Å². The zero-order valence-electron chi connectivity index (χ0n) is 15.1. The molecule has 1 atom stereocenters. The van der Waals surface area contributed by atoms with Gasteiger partial charge in [-0.3, -0.25) is 9.48 Å². The van der Waals surface area contributed by atoms with Gasteiger partial charge >= 0.3 is 6.18 Å². The summed E-state index contributed by atoms with van der Waals surface area (Å²) in [5.74, 6) is -0.785. The number of alkyl halides is 3. The van der Waals surface area contributed by atoms with Crippen LogP contribution in [0.2, 0.25) is 0 Å². The van der Waals surface area contributed by atoms with Crippen molar-refractivity contribution in [1.82, 2.24) is 24.5 Å². The lowest BCUT2D eigenvalue weighted by atomic mass is 9.92. The molecule has 1 N–H and O–H groups in total. The van der Waals surface area contributed by atoms with Gasteiger partial charge in [0.25, 0.3) is 0 Å². The summed E-state index contributed by atoms with van der Waals surface area (Å²) in [4.78, 5) is 18.2. The predicted octanol–water partition coefficient (Wildman–Crippen LogP) is 3.40. The van der Waals surface area contributed by atoms with Crippen molar-refractivity contribution in [3.05, 3.63) is 56.9 Å². The van der Waals surface area contributed by atoms with Crippen LogP contribution in [0.4, 0.5) is 19.1 Å². The quantitative estimate of drug-likeness (QED) is 0.672. The van der Waals surface area contributed by atoms with Crippen molar-refractivity contribution in [2.24, 2.45) is 7.05 Å². The van der Waals surface area contributed by atoms with E-state index in [2.05, 4.69) is 20.5 Å². The lowest BCUT2D eigenvalue weighted by Gasteiger charge is -2.30. The van der Waals surface area contributed by atoms with E-state index in [9.17, 15) is 18.0 Å². The van der Waals surface area contributed by atoms with Gasteiger partial charge in [-0.1, -0.05) is 0 Å². The number of nitrogens with zero attached hydrogens (tertiary/aromatic N) is 5. The van der Waals surface area contributed by atoms with Gasteiger partial charge in [0, 0.05) is 23.2 Å². The van der Waals surface area contributed by atoms with Crippen molar-refractivity contribution in [2.45, 2.75) is 26.1 Å². The maximum absolute atomic E-state index is 13.9. The molecule has 3 aromatic rings. The van der Waals surface area contributed by atoms with E-state index in [1.54, 1.807) is 31.6 Å². The van der Waals surface area contributed by atoms with Crippen molar-refractivity contribution in [1.29, 1.82) is 0 Å². The Bertz CT molecular complexity index is 1110. The van der Waals surface area contributed by atoms with Gasteiger partial charge in [0.2, 0.25) is 11.7 Å². The summed E-state index contributed by atoms with van der Waals surface area (Å²) in [6, 6.07) is 2.14. The van der Waals surface area contributed by atoms with Crippen LogP contribution < -0.4 is 5.32 Å². The third kappa shape index (κ3) is 2.82. The number of Topliss-reactive ketones (excluding diaryl/α,β-unsaturated/α-hetero) is 1. The number of nitrogens with one attached hydrogen (secondary N) is 1. The second-order valence-electron chi connectivity index (χ2n) is 6.39. The Morgan fingerprint density at radius 2 is 2.00 bits per heavy atom. The van der Waals surface area contributed by atoms with Crippen LogP contribution in [0.3, 0.4) is 0 Å². The summed E-state index contributed by atoms with van der Waals surface area (Å²) in [6.45, 7) is 3.52. The van der Waals surface area contributed by atoms with Crippen LogP contribution in [0, 0.1) is 13.8 Å². The van der Waals surface area contributed by atoms with Gasteiger partial charge in [0.15, 0.2) is 0 Å². The van der Waals surface area contributed by atoms with E-state index in [1.807, 2.05) is 0 Å². The molecule has 0 bridgehead atoms. The van der Waals surface area contributed by atoms with Gasteiger partial charge in [0.1, 0.15) is 18.1 Å². The summed E-state index contributed by atoms with van der Waals surface area (Å²) in [7, 11) is 1.68. The Balaban J connectivity index is 2.00. The fourth-order valence-electron chi connectivity index (χ4n) is 3.19. The zero-order chi connectivity index (χ0) is 20.2. The molecule has 0 aliphatic carbocycles. The molecule has 0 saturated carbocycles. The largest absolute Gasteiger partial charge is 0.431 e. The highest BCUT2D eigenvalue weighted by molar-refractivity contribution is 7.14. The molecule has 0 amide bonds. The molecule has 11 heteroatoms. The highest BCUT2D eigenvalue weighted by atomic mass is 32.1. The second-order valence-corrected chi connectivity index (χ2v) is 7.68. The van der Waals surface area contributed by atoms with Gasteiger partial charge in [-0.15, -0.1) is 11.3 Å². The van der Waals surface area contributed by atoms with E-state index in [0.717, 1.165) is 22.5 Å². The third-order valence-corrected chi connectivity index (χ3v) is 5.66. The van der Waals surface area contributed by atoms with Crippen LogP contribution in [0.1, 0.15) is 31.8 Å². The molecule has 28 heavy (non-hydrogen) atoms. The molecule has 146 valence electrons. The topological polar surface area (TPSA) is 77.6 Å². The van der Waals surface area contributed by atoms with Crippen LogP contribution in [-0.4, -0.2) is 36.5 Å². The Labute approximate surface area is 161 Å². The van der Waals surface area contributed by atoms with Gasteiger partial charge < -0.3 is 5.32 Å². The molecule has 0 radical (unpaired) electrons. The van der Waals surface area contributed by atoms with E-state index >= 15 is 0 Å². The number of allylic oxidation sites excluding steroid dienone is 2. The number of hydrogen-bond acceptors (Lipinski definition) is 6. The smallest absolute Gasteiger partial charge is 0.320 e. The number of thiophene rings is 1. The summed E-state index contributed by atoms with van der Waals surface area (Å²) in [6.07, 6.45) is -2.17. The molecule has 0 spiro atoms. The molecule has 1 aliphatic heterocycles. The van der Waals surface area contributed by atoms with Gasteiger partial charge in [0.05, 0.1) is 16.6 Å². The molecule has 4 heterocycles. The number of ketones is 1. The highest BCUT2D eigenvalue weighted by Gasteiger charge is 2.46. The maximum atomic E-state index is 13.9. The van der Waals surface area contributed by atoms with E-state index in [1.165, 1.54) is 16.9 Å². The van der Waals surface area contributed by atoms with Crippen LogP contribution >= 0.6 is 11.3 Å². The molecule has 0 fully saturated rings. The SMILES string of the molecule is Cc1ccc(C(=O)C2=C(C(F)(F)F)Nc3ncnn3[C@H]2c2cnn(C)c2C)s1. The first-order valence-electron chi connectivity index (χ1n) is 8.26.